The Kier molecular flexibility index (Phi) is 8.51. The molecule has 138 valence electrons. The van der Waals surface area contributed by atoms with Crippen LogP contribution < -0.4 is 5.32 Å². The first-order valence-electron chi connectivity index (χ1n) is 7.78. The van der Waals surface area contributed by atoms with Gasteiger partial charge in [-0.1, -0.05) is 6.92 Å². The number of carbonyl (C=O) groups excluding carboxylic acids is 1. The third-order valence-electron chi connectivity index (χ3n) is 3.42. The lowest BCUT2D eigenvalue weighted by Crippen LogP contribution is -2.40. The van der Waals surface area contributed by atoms with E-state index in [-0.39, 0.29) is 31.1 Å². The fourth-order valence-electron chi connectivity index (χ4n) is 2.03. The van der Waals surface area contributed by atoms with E-state index in [0.29, 0.717) is 6.61 Å². The van der Waals surface area contributed by atoms with Crippen LogP contribution >= 0.6 is 0 Å². The van der Waals surface area contributed by atoms with E-state index in [1.54, 1.807) is 0 Å². The van der Waals surface area contributed by atoms with Gasteiger partial charge in [0.25, 0.3) is 11.6 Å². The lowest BCUT2D eigenvalue weighted by atomic mass is 10.0. The highest BCUT2D eigenvalue weighted by Gasteiger charge is 2.21. The van der Waals surface area contributed by atoms with Crippen LogP contribution in [-0.4, -0.2) is 48.0 Å². The lowest BCUT2D eigenvalue weighted by molar-refractivity contribution is -0.384. The molecule has 0 bridgehead atoms. The molecular weight excluding hydrogens is 332 g/mol. The van der Waals surface area contributed by atoms with Crippen molar-refractivity contribution >= 4 is 17.6 Å². The summed E-state index contributed by atoms with van der Waals surface area (Å²) in [4.78, 5) is 33.4. The summed E-state index contributed by atoms with van der Waals surface area (Å²) in [5.74, 6) is -2.10. The number of hydrogen-bond acceptors (Lipinski definition) is 6. The molecule has 25 heavy (non-hydrogen) atoms. The number of nitrogens with zero attached hydrogens (tertiary/aromatic N) is 1. The van der Waals surface area contributed by atoms with Gasteiger partial charge < -0.3 is 19.9 Å². The number of ether oxygens (including phenoxy) is 2. The predicted octanol–water partition coefficient (Wildman–Crippen LogP) is 1.81. The zero-order valence-corrected chi connectivity index (χ0v) is 14.1. The van der Waals surface area contributed by atoms with Crippen LogP contribution in [0.2, 0.25) is 0 Å². The highest BCUT2D eigenvalue weighted by Crippen LogP contribution is 2.13. The van der Waals surface area contributed by atoms with Gasteiger partial charge in [0.05, 0.1) is 23.5 Å². The molecule has 0 fully saturated rings. The molecule has 0 saturated heterocycles. The van der Waals surface area contributed by atoms with Crippen LogP contribution in [0.1, 0.15) is 30.6 Å². The van der Waals surface area contributed by atoms with E-state index in [1.807, 2.05) is 6.92 Å². The number of aliphatic carboxylic acids is 1. The highest BCUT2D eigenvalue weighted by molar-refractivity contribution is 5.94. The largest absolute Gasteiger partial charge is 0.481 e. The maximum Gasteiger partial charge on any atom is 0.306 e. The van der Waals surface area contributed by atoms with Gasteiger partial charge in [0.1, 0.15) is 6.79 Å². The van der Waals surface area contributed by atoms with Gasteiger partial charge in [-0.25, -0.2) is 0 Å². The average Bonchev–Trinajstić information content (AvgIpc) is 2.58. The average molecular weight is 354 g/mol. The molecule has 0 radical (unpaired) electrons. The van der Waals surface area contributed by atoms with Crippen molar-refractivity contribution in [1.82, 2.24) is 5.32 Å². The monoisotopic (exact) mass is 354 g/mol. The van der Waals surface area contributed by atoms with E-state index < -0.39 is 28.8 Å². The van der Waals surface area contributed by atoms with Crippen LogP contribution in [0.3, 0.4) is 0 Å². The molecule has 0 spiro atoms. The number of hydrogen-bond donors (Lipinski definition) is 2. The Hall–Kier alpha value is -2.52. The number of carboxylic acids is 1. The van der Waals surface area contributed by atoms with Crippen LogP contribution in [0.15, 0.2) is 24.3 Å². The molecule has 2 atom stereocenters. The zero-order chi connectivity index (χ0) is 18.8. The molecule has 0 saturated carbocycles. The van der Waals surface area contributed by atoms with Crippen molar-refractivity contribution in [2.75, 3.05) is 20.0 Å². The number of nitro benzene ring substituents is 1. The second kappa shape index (κ2) is 10.4. The molecular formula is C16H22N2O7. The van der Waals surface area contributed by atoms with E-state index in [1.165, 1.54) is 31.2 Å². The van der Waals surface area contributed by atoms with E-state index in [9.17, 15) is 19.7 Å². The van der Waals surface area contributed by atoms with Gasteiger partial charge in [-0.3, -0.25) is 19.7 Å². The molecule has 1 aromatic carbocycles. The lowest BCUT2D eigenvalue weighted by Gasteiger charge is -2.20. The SMILES string of the molecule is CCOCOC[C@H](C[C@H](C)C(=O)O)NC(=O)c1ccc([N+](=O)[O-])cc1. The second-order valence-corrected chi connectivity index (χ2v) is 5.43. The summed E-state index contributed by atoms with van der Waals surface area (Å²) in [5.41, 5.74) is 0.121. The summed E-state index contributed by atoms with van der Waals surface area (Å²) in [6.07, 6.45) is 0.181. The van der Waals surface area contributed by atoms with Crippen LogP contribution in [-0.2, 0) is 14.3 Å². The minimum Gasteiger partial charge on any atom is -0.481 e. The summed E-state index contributed by atoms with van der Waals surface area (Å²) in [5, 5.41) is 22.4. The summed E-state index contributed by atoms with van der Waals surface area (Å²) < 4.78 is 10.3. The predicted molar refractivity (Wildman–Crippen MR) is 88.2 cm³/mol. The number of rotatable bonds is 11. The Morgan fingerprint density at radius 3 is 2.44 bits per heavy atom. The summed E-state index contributed by atoms with van der Waals surface area (Å²) >= 11 is 0. The molecule has 0 aliphatic carbocycles. The topological polar surface area (TPSA) is 128 Å². The van der Waals surface area contributed by atoms with Gasteiger partial charge in [-0.05, 0) is 25.5 Å². The molecule has 0 aromatic heterocycles. The third-order valence-corrected chi connectivity index (χ3v) is 3.42. The van der Waals surface area contributed by atoms with Crippen molar-refractivity contribution < 1.29 is 29.1 Å². The van der Waals surface area contributed by atoms with E-state index >= 15 is 0 Å². The Labute approximate surface area is 145 Å². The van der Waals surface area contributed by atoms with Gasteiger partial charge in [-0.15, -0.1) is 0 Å². The van der Waals surface area contributed by atoms with Crippen molar-refractivity contribution in [3.63, 3.8) is 0 Å². The van der Waals surface area contributed by atoms with Gasteiger partial charge in [0.2, 0.25) is 0 Å². The van der Waals surface area contributed by atoms with Gasteiger partial charge >= 0.3 is 5.97 Å². The summed E-state index contributed by atoms with van der Waals surface area (Å²) in [7, 11) is 0. The maximum absolute atomic E-state index is 12.3. The van der Waals surface area contributed by atoms with Crippen molar-refractivity contribution in [1.29, 1.82) is 0 Å². The van der Waals surface area contributed by atoms with Crippen molar-refractivity contribution in [3.05, 3.63) is 39.9 Å². The van der Waals surface area contributed by atoms with Gasteiger partial charge in [0.15, 0.2) is 0 Å². The fourth-order valence-corrected chi connectivity index (χ4v) is 2.03. The second-order valence-electron chi connectivity index (χ2n) is 5.43. The smallest absolute Gasteiger partial charge is 0.306 e. The molecule has 1 rings (SSSR count). The zero-order valence-electron chi connectivity index (χ0n) is 14.1. The molecule has 0 heterocycles. The first-order chi connectivity index (χ1) is 11.8. The molecule has 0 aliphatic rings. The number of benzene rings is 1. The number of nitro groups is 1. The number of carboxylic acid groups (broad SMARTS) is 1. The quantitative estimate of drug-likeness (QED) is 0.268. The minimum absolute atomic E-state index is 0.0435. The maximum atomic E-state index is 12.3. The van der Waals surface area contributed by atoms with E-state index in [0.717, 1.165) is 0 Å². The van der Waals surface area contributed by atoms with Crippen LogP contribution in [0.25, 0.3) is 0 Å². The van der Waals surface area contributed by atoms with Crippen molar-refractivity contribution in [2.24, 2.45) is 5.92 Å². The standard InChI is InChI=1S/C16H22N2O7/c1-3-24-10-25-9-13(8-11(2)16(20)21)17-15(19)12-4-6-14(7-5-12)18(22)23/h4-7,11,13H,3,8-10H2,1-2H3,(H,17,19)(H,20,21)/t11-,13-/m0/s1. The Morgan fingerprint density at radius 1 is 1.28 bits per heavy atom. The normalized spacial score (nSPS) is 13.0. The molecule has 0 aliphatic heterocycles. The summed E-state index contributed by atoms with van der Waals surface area (Å²) in [6, 6.07) is 4.61. The number of nitrogens with one attached hydrogen (secondary N) is 1. The fraction of sp³-hybridized carbons (Fsp3) is 0.500. The number of carbonyl (C=O) groups is 2. The number of non-ortho nitro benzene ring substituents is 1. The van der Waals surface area contributed by atoms with Crippen molar-refractivity contribution in [2.45, 2.75) is 26.3 Å². The molecule has 1 aromatic rings. The minimum atomic E-state index is -0.973. The molecule has 0 unspecified atom stereocenters. The molecule has 9 heteroatoms. The van der Waals surface area contributed by atoms with Crippen LogP contribution in [0.4, 0.5) is 5.69 Å². The molecule has 1 amide bonds. The first-order valence-corrected chi connectivity index (χ1v) is 7.78. The van der Waals surface area contributed by atoms with E-state index in [2.05, 4.69) is 5.32 Å². The Bertz CT molecular complexity index is 589. The summed E-state index contributed by atoms with van der Waals surface area (Å²) in [6.45, 7) is 3.96. The number of amides is 1. The highest BCUT2D eigenvalue weighted by atomic mass is 16.7. The Balaban J connectivity index is 2.71. The van der Waals surface area contributed by atoms with Crippen molar-refractivity contribution in [3.8, 4) is 0 Å². The van der Waals surface area contributed by atoms with E-state index in [4.69, 9.17) is 14.6 Å². The Morgan fingerprint density at radius 2 is 1.92 bits per heavy atom. The van der Waals surface area contributed by atoms with Gasteiger partial charge in [0, 0.05) is 24.3 Å². The van der Waals surface area contributed by atoms with Crippen LogP contribution in [0.5, 0.6) is 0 Å². The first kappa shape index (κ1) is 20.5. The molecule has 9 nitrogen and oxygen atoms in total. The van der Waals surface area contributed by atoms with Gasteiger partial charge in [-0.2, -0.15) is 0 Å². The third kappa shape index (κ3) is 7.27. The van der Waals surface area contributed by atoms with Crippen LogP contribution in [0, 0.1) is 16.0 Å². The molecule has 2 N–H and O–H groups in total.